The molecule has 9 heteroatoms. The summed E-state index contributed by atoms with van der Waals surface area (Å²) < 4.78 is 26.3. The van der Waals surface area contributed by atoms with E-state index in [-0.39, 0.29) is 12.1 Å². The van der Waals surface area contributed by atoms with Crippen LogP contribution in [0, 0.1) is 11.6 Å². The average molecular weight is 379 g/mol. The first-order valence-corrected chi connectivity index (χ1v) is 8.81. The summed E-state index contributed by atoms with van der Waals surface area (Å²) in [5, 5.41) is 8.98. The van der Waals surface area contributed by atoms with Crippen LogP contribution in [0.2, 0.25) is 0 Å². The molecule has 0 aliphatic heterocycles. The van der Waals surface area contributed by atoms with E-state index in [1.165, 1.54) is 22.7 Å². The van der Waals surface area contributed by atoms with Crippen LogP contribution >= 0.6 is 22.7 Å². The van der Waals surface area contributed by atoms with E-state index in [1.54, 1.807) is 0 Å². The average Bonchev–Trinajstić information content (AvgIpc) is 3.23. The molecule has 128 valence electrons. The Morgan fingerprint density at radius 1 is 1.16 bits per heavy atom. The zero-order chi connectivity index (χ0) is 17.8. The normalized spacial score (nSPS) is 10.5. The van der Waals surface area contributed by atoms with E-state index < -0.39 is 23.4 Å². The van der Waals surface area contributed by atoms with Crippen molar-refractivity contribution < 1.29 is 18.4 Å². The van der Waals surface area contributed by atoms with E-state index in [4.69, 9.17) is 0 Å². The Morgan fingerprint density at radius 3 is 2.72 bits per heavy atom. The number of aromatic nitrogens is 1. The summed E-state index contributed by atoms with van der Waals surface area (Å²) in [7, 11) is 0. The van der Waals surface area contributed by atoms with Crippen LogP contribution < -0.4 is 10.6 Å². The predicted molar refractivity (Wildman–Crippen MR) is 92.7 cm³/mol. The number of nitrogens with one attached hydrogen (secondary N) is 2. The molecule has 2 heterocycles. The van der Waals surface area contributed by atoms with Gasteiger partial charge in [0.1, 0.15) is 11.6 Å². The molecule has 25 heavy (non-hydrogen) atoms. The number of carbonyl (C=O) groups excluding carboxylic acids is 2. The molecule has 0 atom stereocenters. The van der Waals surface area contributed by atoms with Crippen LogP contribution in [0.1, 0.15) is 10.4 Å². The van der Waals surface area contributed by atoms with Crippen molar-refractivity contribution in [1.29, 1.82) is 0 Å². The summed E-state index contributed by atoms with van der Waals surface area (Å²) in [4.78, 5) is 29.0. The molecule has 2 N–H and O–H groups in total. The van der Waals surface area contributed by atoms with E-state index in [0.717, 1.165) is 22.7 Å². The number of halogens is 2. The lowest BCUT2D eigenvalue weighted by Gasteiger charge is -2.06. The molecule has 0 saturated heterocycles. The van der Waals surface area contributed by atoms with Crippen LogP contribution in [-0.2, 0) is 4.79 Å². The number of hydrogen-bond acceptors (Lipinski definition) is 5. The monoisotopic (exact) mass is 379 g/mol. The molecular weight excluding hydrogens is 368 g/mol. The van der Waals surface area contributed by atoms with Gasteiger partial charge in [-0.2, -0.15) is 0 Å². The van der Waals surface area contributed by atoms with Crippen molar-refractivity contribution >= 4 is 39.6 Å². The van der Waals surface area contributed by atoms with Crippen molar-refractivity contribution in [1.82, 2.24) is 10.3 Å². The quantitative estimate of drug-likeness (QED) is 0.713. The zero-order valence-electron chi connectivity index (χ0n) is 12.6. The fourth-order valence-corrected chi connectivity index (χ4v) is 3.45. The first-order valence-electron chi connectivity index (χ1n) is 7.05. The molecule has 0 spiro atoms. The maximum Gasteiger partial charge on any atom is 0.254 e. The van der Waals surface area contributed by atoms with Crippen molar-refractivity contribution in [3.63, 3.8) is 0 Å². The summed E-state index contributed by atoms with van der Waals surface area (Å²) in [6, 6.07) is 6.42. The summed E-state index contributed by atoms with van der Waals surface area (Å²) in [6.07, 6.45) is 0. The first-order chi connectivity index (χ1) is 12.0. The molecule has 0 bridgehead atoms. The number of amides is 2. The number of hydrogen-bond donors (Lipinski definition) is 2. The summed E-state index contributed by atoms with van der Waals surface area (Å²) in [5.41, 5.74) is 0.427. The minimum atomic E-state index is -0.988. The third-order valence-electron chi connectivity index (χ3n) is 3.11. The van der Waals surface area contributed by atoms with Crippen molar-refractivity contribution in [3.8, 4) is 10.6 Å². The van der Waals surface area contributed by atoms with E-state index in [1.807, 2.05) is 22.9 Å². The van der Waals surface area contributed by atoms with Crippen LogP contribution in [0.3, 0.4) is 0 Å². The Balaban J connectivity index is 1.55. The Labute approximate surface area is 149 Å². The van der Waals surface area contributed by atoms with Crippen LogP contribution in [0.15, 0.2) is 41.1 Å². The molecule has 0 unspecified atom stereocenters. The highest BCUT2D eigenvalue weighted by atomic mass is 32.1. The SMILES string of the molecule is O=C(CNC(=O)c1ccc(F)cc1F)Nc1nc(-c2cccs2)cs1. The molecule has 0 saturated carbocycles. The van der Waals surface area contributed by atoms with Gasteiger partial charge in [-0.25, -0.2) is 13.8 Å². The van der Waals surface area contributed by atoms with Gasteiger partial charge in [-0.05, 0) is 23.6 Å². The number of nitrogens with zero attached hydrogens (tertiary/aromatic N) is 1. The second-order valence-corrected chi connectivity index (χ2v) is 6.68. The fraction of sp³-hybridized carbons (Fsp3) is 0.0625. The maximum absolute atomic E-state index is 13.5. The van der Waals surface area contributed by atoms with Gasteiger partial charge in [0.25, 0.3) is 5.91 Å². The Kier molecular flexibility index (Phi) is 5.15. The molecular formula is C16H11F2N3O2S2. The van der Waals surface area contributed by atoms with E-state index >= 15 is 0 Å². The molecule has 0 aliphatic rings. The molecule has 1 aromatic carbocycles. The van der Waals surface area contributed by atoms with Crippen molar-refractivity contribution in [2.24, 2.45) is 0 Å². The largest absolute Gasteiger partial charge is 0.343 e. The highest BCUT2D eigenvalue weighted by molar-refractivity contribution is 7.16. The summed E-state index contributed by atoms with van der Waals surface area (Å²) in [6.45, 7) is -0.358. The van der Waals surface area contributed by atoms with E-state index in [9.17, 15) is 18.4 Å². The lowest BCUT2D eigenvalue weighted by atomic mass is 10.2. The Hall–Kier alpha value is -2.65. The van der Waals surface area contributed by atoms with Gasteiger partial charge >= 0.3 is 0 Å². The van der Waals surface area contributed by atoms with Gasteiger partial charge < -0.3 is 10.6 Å². The Bertz CT molecular complexity index is 910. The summed E-state index contributed by atoms with van der Waals surface area (Å²) in [5.74, 6) is -3.07. The Morgan fingerprint density at radius 2 is 2.00 bits per heavy atom. The number of thiophene rings is 1. The lowest BCUT2D eigenvalue weighted by Crippen LogP contribution is -2.33. The van der Waals surface area contributed by atoms with E-state index in [0.29, 0.717) is 11.2 Å². The van der Waals surface area contributed by atoms with Gasteiger partial charge in [0.2, 0.25) is 5.91 Å². The van der Waals surface area contributed by atoms with Crippen molar-refractivity contribution in [3.05, 3.63) is 58.3 Å². The molecule has 0 aliphatic carbocycles. The zero-order valence-corrected chi connectivity index (χ0v) is 14.2. The molecule has 0 radical (unpaired) electrons. The molecule has 5 nitrogen and oxygen atoms in total. The van der Waals surface area contributed by atoms with Gasteiger partial charge in [-0.3, -0.25) is 9.59 Å². The maximum atomic E-state index is 13.5. The van der Waals surface area contributed by atoms with Crippen LogP contribution in [0.5, 0.6) is 0 Å². The van der Waals surface area contributed by atoms with Gasteiger partial charge in [-0.1, -0.05) is 6.07 Å². The summed E-state index contributed by atoms with van der Waals surface area (Å²) >= 11 is 2.79. The van der Waals surface area contributed by atoms with Crippen LogP contribution in [0.4, 0.5) is 13.9 Å². The molecule has 2 amide bonds. The van der Waals surface area contributed by atoms with Gasteiger partial charge in [0, 0.05) is 11.4 Å². The number of anilines is 1. The second kappa shape index (κ2) is 7.49. The smallest absolute Gasteiger partial charge is 0.254 e. The topological polar surface area (TPSA) is 71.1 Å². The number of carbonyl (C=O) groups is 2. The number of rotatable bonds is 5. The lowest BCUT2D eigenvalue weighted by molar-refractivity contribution is -0.115. The first kappa shape index (κ1) is 17.2. The van der Waals surface area contributed by atoms with Crippen molar-refractivity contribution in [2.75, 3.05) is 11.9 Å². The van der Waals surface area contributed by atoms with Crippen LogP contribution in [-0.4, -0.2) is 23.3 Å². The third kappa shape index (κ3) is 4.25. The fourth-order valence-electron chi connectivity index (χ4n) is 1.96. The van der Waals surface area contributed by atoms with Gasteiger partial charge in [-0.15, -0.1) is 22.7 Å². The number of thiazole rings is 1. The molecule has 2 aromatic heterocycles. The highest BCUT2D eigenvalue weighted by Gasteiger charge is 2.14. The number of benzene rings is 1. The molecule has 3 rings (SSSR count). The molecule has 0 fully saturated rings. The minimum Gasteiger partial charge on any atom is -0.343 e. The third-order valence-corrected chi connectivity index (χ3v) is 4.76. The van der Waals surface area contributed by atoms with E-state index in [2.05, 4.69) is 15.6 Å². The minimum absolute atomic E-state index is 0.330. The second-order valence-electron chi connectivity index (χ2n) is 4.87. The molecule has 3 aromatic rings. The van der Waals surface area contributed by atoms with Crippen molar-refractivity contribution in [2.45, 2.75) is 0 Å². The van der Waals surface area contributed by atoms with Gasteiger partial charge in [0.05, 0.1) is 22.7 Å². The van der Waals surface area contributed by atoms with Crippen LogP contribution in [0.25, 0.3) is 10.6 Å². The predicted octanol–water partition coefficient (Wildman–Crippen LogP) is 3.52. The highest BCUT2D eigenvalue weighted by Crippen LogP contribution is 2.28. The standard InChI is InChI=1S/C16H11F2N3O2S2/c17-9-3-4-10(11(18)6-9)15(23)19-7-14(22)21-16-20-12(8-25-16)13-2-1-5-24-13/h1-6,8H,7H2,(H,19,23)(H,20,21,22). The van der Waals surface area contributed by atoms with Gasteiger partial charge in [0.15, 0.2) is 5.13 Å².